The molecular weight excluding hydrogens is 308 g/mol. The monoisotopic (exact) mass is 338 g/mol. The second kappa shape index (κ2) is 10.6. The second-order valence-electron chi connectivity index (χ2n) is 5.80. The van der Waals surface area contributed by atoms with Gasteiger partial charge in [-0.25, -0.2) is 4.79 Å². The zero-order valence-corrected chi connectivity index (χ0v) is 15.2. The van der Waals surface area contributed by atoms with Crippen LogP contribution >= 0.6 is 0 Å². The summed E-state index contributed by atoms with van der Waals surface area (Å²) < 4.78 is 10.6. The molecule has 0 radical (unpaired) electrons. The number of nitrogens with zero attached hydrogens (tertiary/aromatic N) is 2. The van der Waals surface area contributed by atoms with Crippen molar-refractivity contribution in [3.05, 3.63) is 12.1 Å². The molecule has 1 rings (SSSR count). The van der Waals surface area contributed by atoms with Gasteiger partial charge in [-0.15, -0.1) is 0 Å². The molecule has 0 saturated carbocycles. The number of nitrogens with two attached hydrogens (primary N) is 1. The molecule has 24 heavy (non-hydrogen) atoms. The molecule has 1 heterocycles. The highest BCUT2D eigenvalue weighted by atomic mass is 16.6. The quantitative estimate of drug-likeness (QED) is 0.638. The number of aromatic nitrogens is 1. The third-order valence-electron chi connectivity index (χ3n) is 3.12. The fourth-order valence-electron chi connectivity index (χ4n) is 2.24. The lowest BCUT2D eigenvalue weighted by molar-refractivity contribution is 0.114. The smallest absolute Gasteiger partial charge is 0.407 e. The van der Waals surface area contributed by atoms with E-state index in [2.05, 4.69) is 29.0 Å². The van der Waals surface area contributed by atoms with Gasteiger partial charge >= 0.3 is 6.09 Å². The van der Waals surface area contributed by atoms with Gasteiger partial charge in [-0.05, 0) is 26.7 Å². The topological polar surface area (TPSA) is 89.7 Å². The van der Waals surface area contributed by atoms with Crippen LogP contribution in [0.5, 0.6) is 5.88 Å². The first-order valence-electron chi connectivity index (χ1n) is 8.56. The minimum Gasteiger partial charge on any atom is -0.476 e. The summed E-state index contributed by atoms with van der Waals surface area (Å²) in [6.45, 7) is 10.4. The normalized spacial score (nSPS) is 10.5. The van der Waals surface area contributed by atoms with E-state index in [1.54, 1.807) is 13.8 Å². The molecule has 0 unspecified atom stereocenters. The second-order valence-corrected chi connectivity index (χ2v) is 5.80. The molecule has 0 atom stereocenters. The fourth-order valence-corrected chi connectivity index (χ4v) is 2.24. The van der Waals surface area contributed by atoms with E-state index in [4.69, 9.17) is 15.2 Å². The molecule has 0 bridgehead atoms. The van der Waals surface area contributed by atoms with Gasteiger partial charge in [0.2, 0.25) is 5.88 Å². The van der Waals surface area contributed by atoms with E-state index >= 15 is 0 Å². The van der Waals surface area contributed by atoms with Gasteiger partial charge in [0.15, 0.2) is 0 Å². The van der Waals surface area contributed by atoms with Crippen molar-refractivity contribution < 1.29 is 14.3 Å². The number of amides is 1. The third kappa shape index (κ3) is 7.39. The Bertz CT molecular complexity index is 503. The molecule has 7 nitrogen and oxygen atoms in total. The highest BCUT2D eigenvalue weighted by Crippen LogP contribution is 2.23. The number of ether oxygens (including phenoxy) is 2. The molecule has 0 aliphatic heterocycles. The summed E-state index contributed by atoms with van der Waals surface area (Å²) >= 11 is 0. The number of hydrogen-bond acceptors (Lipinski definition) is 6. The summed E-state index contributed by atoms with van der Waals surface area (Å²) in [7, 11) is 0. The first-order chi connectivity index (χ1) is 11.5. The minimum absolute atomic E-state index is 0.146. The molecular formula is C17H30N4O3. The summed E-state index contributed by atoms with van der Waals surface area (Å²) in [4.78, 5) is 17.8. The minimum atomic E-state index is -0.452. The molecule has 0 aliphatic rings. The van der Waals surface area contributed by atoms with E-state index in [-0.39, 0.29) is 6.10 Å². The molecule has 7 heteroatoms. The van der Waals surface area contributed by atoms with Crippen molar-refractivity contribution in [2.75, 3.05) is 36.9 Å². The van der Waals surface area contributed by atoms with E-state index in [1.165, 1.54) is 0 Å². The fraction of sp³-hybridized carbons (Fsp3) is 0.647. The molecule has 0 spiro atoms. The van der Waals surface area contributed by atoms with Gasteiger partial charge < -0.3 is 25.4 Å². The van der Waals surface area contributed by atoms with Crippen LogP contribution in [0.15, 0.2) is 12.1 Å². The van der Waals surface area contributed by atoms with Crippen LogP contribution in [0.4, 0.5) is 16.3 Å². The van der Waals surface area contributed by atoms with Crippen LogP contribution in [0.25, 0.3) is 0 Å². The Balaban J connectivity index is 2.57. The lowest BCUT2D eigenvalue weighted by Crippen LogP contribution is -2.30. The molecule has 0 fully saturated rings. The van der Waals surface area contributed by atoms with Gasteiger partial charge in [0.05, 0.1) is 12.6 Å². The first-order valence-corrected chi connectivity index (χ1v) is 8.56. The maximum atomic E-state index is 11.4. The number of carbonyl (C=O) groups is 1. The third-order valence-corrected chi connectivity index (χ3v) is 3.12. The Kier molecular flexibility index (Phi) is 8.75. The zero-order chi connectivity index (χ0) is 17.9. The van der Waals surface area contributed by atoms with Crippen molar-refractivity contribution in [1.82, 2.24) is 10.3 Å². The number of rotatable bonds is 10. The Morgan fingerprint density at radius 2 is 1.96 bits per heavy atom. The number of nitrogens with one attached hydrogen (secondary N) is 1. The highest BCUT2D eigenvalue weighted by Gasteiger charge is 2.09. The van der Waals surface area contributed by atoms with Gasteiger partial charge in [-0.2, -0.15) is 4.98 Å². The predicted molar refractivity (Wildman–Crippen MR) is 96.6 cm³/mol. The number of hydrogen-bond donors (Lipinski definition) is 2. The molecule has 3 N–H and O–H groups in total. The van der Waals surface area contributed by atoms with Gasteiger partial charge in [-0.3, -0.25) is 0 Å². The van der Waals surface area contributed by atoms with Gasteiger partial charge in [0.25, 0.3) is 0 Å². The summed E-state index contributed by atoms with van der Waals surface area (Å²) in [6, 6.07) is 3.74. The average molecular weight is 338 g/mol. The molecule has 1 aromatic heterocycles. The number of carbonyl (C=O) groups excluding carboxylic acids is 1. The van der Waals surface area contributed by atoms with Crippen molar-refractivity contribution in [2.45, 2.75) is 46.6 Å². The van der Waals surface area contributed by atoms with Crippen molar-refractivity contribution >= 4 is 17.6 Å². The summed E-state index contributed by atoms with van der Waals surface area (Å²) in [6.07, 6.45) is 1.51. The van der Waals surface area contributed by atoms with E-state index in [1.807, 2.05) is 12.1 Å². The molecule has 136 valence electrons. The number of anilines is 2. The highest BCUT2D eigenvalue weighted by molar-refractivity contribution is 5.67. The Morgan fingerprint density at radius 3 is 2.54 bits per heavy atom. The Labute approximate surface area is 144 Å². The van der Waals surface area contributed by atoms with Gasteiger partial charge in [0, 0.05) is 30.9 Å². The van der Waals surface area contributed by atoms with Crippen LogP contribution in [0.1, 0.15) is 40.5 Å². The van der Waals surface area contributed by atoms with Crippen molar-refractivity contribution in [1.29, 1.82) is 0 Å². The van der Waals surface area contributed by atoms with Crippen LogP contribution in [-0.4, -0.2) is 43.4 Å². The number of alkyl carbamates (subject to hydrolysis) is 1. The summed E-state index contributed by atoms with van der Waals surface area (Å²) in [5.74, 6) is 0.883. The lowest BCUT2D eigenvalue weighted by Gasteiger charge is -2.24. The largest absolute Gasteiger partial charge is 0.476 e. The summed E-state index contributed by atoms with van der Waals surface area (Å²) in [5.41, 5.74) is 6.90. The maximum absolute atomic E-state index is 11.4. The van der Waals surface area contributed by atoms with E-state index in [0.717, 1.165) is 31.6 Å². The zero-order valence-electron chi connectivity index (χ0n) is 15.2. The van der Waals surface area contributed by atoms with Crippen LogP contribution in [0, 0.1) is 0 Å². The predicted octanol–water partition coefficient (Wildman–Crippen LogP) is 2.80. The van der Waals surface area contributed by atoms with E-state index in [9.17, 15) is 4.79 Å². The molecule has 0 aromatic carbocycles. The van der Waals surface area contributed by atoms with Crippen LogP contribution in [0.2, 0.25) is 0 Å². The van der Waals surface area contributed by atoms with Crippen LogP contribution in [0.3, 0.4) is 0 Å². The van der Waals surface area contributed by atoms with E-state index in [0.29, 0.717) is 24.8 Å². The number of pyridine rings is 1. The molecule has 1 aromatic rings. The summed E-state index contributed by atoms with van der Waals surface area (Å²) in [5, 5.41) is 2.62. The van der Waals surface area contributed by atoms with Crippen LogP contribution < -0.4 is 20.7 Å². The van der Waals surface area contributed by atoms with Gasteiger partial charge in [0.1, 0.15) is 12.4 Å². The van der Waals surface area contributed by atoms with Crippen molar-refractivity contribution in [3.8, 4) is 5.88 Å². The van der Waals surface area contributed by atoms with Crippen molar-refractivity contribution in [3.63, 3.8) is 0 Å². The van der Waals surface area contributed by atoms with Gasteiger partial charge in [-0.1, -0.05) is 13.8 Å². The molecule has 0 aliphatic carbocycles. The SMILES string of the molecule is CCCN(CCC)c1cc(N)nc(OCCNC(=O)OC(C)C)c1. The molecule has 1 amide bonds. The Hall–Kier alpha value is -2.18. The number of nitrogen functional groups attached to an aromatic ring is 1. The lowest BCUT2D eigenvalue weighted by atomic mass is 10.3. The average Bonchev–Trinajstić information content (AvgIpc) is 2.50. The molecule has 0 saturated heterocycles. The van der Waals surface area contributed by atoms with Crippen LogP contribution in [-0.2, 0) is 4.74 Å². The first kappa shape index (κ1) is 19.9. The van der Waals surface area contributed by atoms with Crippen molar-refractivity contribution in [2.24, 2.45) is 0 Å². The standard InChI is InChI=1S/C17H30N4O3/c1-5-8-21(9-6-2)14-11-15(18)20-16(12-14)23-10-7-19-17(22)24-13(3)4/h11-13H,5-10H2,1-4H3,(H2,18,20)(H,19,22). The Morgan fingerprint density at radius 1 is 1.29 bits per heavy atom. The van der Waals surface area contributed by atoms with E-state index < -0.39 is 6.09 Å². The maximum Gasteiger partial charge on any atom is 0.407 e.